The van der Waals surface area contributed by atoms with Gasteiger partial charge in [-0.1, -0.05) is 61.2 Å². The maximum atomic E-state index is 16.6. The van der Waals surface area contributed by atoms with Gasteiger partial charge in [-0.3, -0.25) is 19.2 Å². The van der Waals surface area contributed by atoms with Crippen molar-refractivity contribution in [1.29, 1.82) is 0 Å². The molecule has 20 heteroatoms. The molecule has 5 aromatic rings. The molecule has 4 saturated heterocycles. The summed E-state index contributed by atoms with van der Waals surface area (Å²) in [5.74, 6) is -2.74. The van der Waals surface area contributed by atoms with E-state index in [2.05, 4.69) is 40.7 Å². The number of amides is 4. The predicted molar refractivity (Wildman–Crippen MR) is 300 cm³/mol. The van der Waals surface area contributed by atoms with Crippen molar-refractivity contribution in [1.82, 2.24) is 45.6 Å². The van der Waals surface area contributed by atoms with Crippen LogP contribution < -0.4 is 26.6 Å². The number of hydrogen-bond donors (Lipinski definition) is 5. The number of piperidine rings is 4. The molecule has 3 atom stereocenters. The van der Waals surface area contributed by atoms with E-state index in [1.54, 1.807) is 23.4 Å². The minimum absolute atomic E-state index is 0.000942. The first-order valence-electron chi connectivity index (χ1n) is 28.8. The molecule has 6 N–H and O–H groups in total. The SMILES string of the molecule is NC1(C(=O)N[C@@H](CCN2CCC(OC3CCN(C(=O)[C@H](NC(=O)c4cccc(C5CCCN(C(=O)CNCc6ccc(F)cc6F)C5)c4F)C4CCCCC4)CC3)CC2)c2ccc(Cl)cc2)CCN(c2ncnc3[nH]ccc23)CC1. The molecule has 428 valence electrons. The van der Waals surface area contributed by atoms with E-state index < -0.39 is 34.9 Å². The summed E-state index contributed by atoms with van der Waals surface area (Å²) in [6.07, 6.45) is 14.1. The molecule has 0 bridgehead atoms. The van der Waals surface area contributed by atoms with E-state index in [0.29, 0.717) is 88.3 Å². The number of benzene rings is 3. The third-order valence-corrected chi connectivity index (χ3v) is 17.7. The van der Waals surface area contributed by atoms with Gasteiger partial charge in [-0.15, -0.1) is 0 Å². The van der Waals surface area contributed by atoms with Gasteiger partial charge in [-0.05, 0) is 118 Å². The average Bonchev–Trinajstić information content (AvgIpc) is 3.98. The molecule has 1 unspecified atom stereocenters. The second-order valence-corrected chi connectivity index (χ2v) is 23.2. The van der Waals surface area contributed by atoms with Crippen LogP contribution in [0.5, 0.6) is 0 Å². The molecular weight excluding hydrogens is 1050 g/mol. The van der Waals surface area contributed by atoms with Crippen LogP contribution >= 0.6 is 11.6 Å². The molecule has 0 radical (unpaired) electrons. The lowest BCUT2D eigenvalue weighted by molar-refractivity contribution is -0.139. The van der Waals surface area contributed by atoms with Crippen molar-refractivity contribution in [3.8, 4) is 0 Å². The quantitative estimate of drug-likeness (QED) is 0.0573. The second-order valence-electron chi connectivity index (χ2n) is 22.7. The van der Waals surface area contributed by atoms with Crippen molar-refractivity contribution in [3.05, 3.63) is 124 Å². The summed E-state index contributed by atoms with van der Waals surface area (Å²) >= 11 is 6.30. The standard InChI is InChI=1S/C60H75ClF3N11O5/c61-43-14-11-39(12-15-43)51(70-59(79)60(65)23-32-73(33-24-60)56-49-17-25-67-55(49)68-38-69-56)22-29-72-27-18-45(19-28-72)80-46-20-30-74(31-21-46)58(78)54(40-6-2-1-3-7-40)71-57(77)48-10-4-9-47(53(48)64)42-8-5-26-75(37-42)52(76)36-66-35-41-13-16-44(62)34-50(41)63/h4,9-17,25,34,38,40,42,45-46,51,54,66H,1-3,5-8,18-24,26-33,35-37,65H2,(H,70,79)(H,71,77)(H,67,68,69)/t42?,51-,54+/m0/s1. The highest BCUT2D eigenvalue weighted by Crippen LogP contribution is 2.34. The highest BCUT2D eigenvalue weighted by Gasteiger charge is 2.41. The summed E-state index contributed by atoms with van der Waals surface area (Å²) in [6.45, 7) is 5.38. The van der Waals surface area contributed by atoms with Gasteiger partial charge in [-0.2, -0.15) is 0 Å². The van der Waals surface area contributed by atoms with Gasteiger partial charge in [0.2, 0.25) is 17.7 Å². The first kappa shape index (κ1) is 57.1. The maximum Gasteiger partial charge on any atom is 0.254 e. The van der Waals surface area contributed by atoms with Crippen molar-refractivity contribution in [3.63, 3.8) is 0 Å². The fraction of sp³-hybridized carbons (Fsp3) is 0.533. The fourth-order valence-corrected chi connectivity index (χ4v) is 12.8. The minimum Gasteiger partial charge on any atom is -0.375 e. The summed E-state index contributed by atoms with van der Waals surface area (Å²) < 4.78 is 50.8. The number of nitrogens with one attached hydrogen (secondary N) is 4. The summed E-state index contributed by atoms with van der Waals surface area (Å²) in [5, 5.41) is 10.9. The van der Waals surface area contributed by atoms with Crippen LogP contribution in [0.1, 0.15) is 129 Å². The highest BCUT2D eigenvalue weighted by atomic mass is 35.5. The van der Waals surface area contributed by atoms with Crippen molar-refractivity contribution < 1.29 is 37.1 Å². The summed E-state index contributed by atoms with van der Waals surface area (Å²) in [5.41, 5.74) is 8.08. The zero-order valence-corrected chi connectivity index (χ0v) is 46.2. The number of hydrogen-bond acceptors (Lipinski definition) is 11. The van der Waals surface area contributed by atoms with Crippen LogP contribution in [-0.4, -0.2) is 143 Å². The molecule has 16 nitrogen and oxygen atoms in total. The topological polar surface area (TPSA) is 194 Å². The van der Waals surface area contributed by atoms with E-state index in [-0.39, 0.29) is 78.6 Å². The van der Waals surface area contributed by atoms with Crippen molar-refractivity contribution in [2.45, 2.75) is 132 Å². The molecule has 5 fully saturated rings. The first-order valence-corrected chi connectivity index (χ1v) is 29.2. The number of rotatable bonds is 18. The zero-order valence-electron chi connectivity index (χ0n) is 45.5. The number of aromatic amines is 1. The summed E-state index contributed by atoms with van der Waals surface area (Å²) in [6, 6.07) is 16.6. The number of aromatic nitrogens is 3. The van der Waals surface area contributed by atoms with Gasteiger partial charge in [0.1, 0.15) is 41.3 Å². The molecule has 5 aliphatic rings. The zero-order chi connectivity index (χ0) is 55.8. The Morgan fingerprint density at radius 1 is 0.800 bits per heavy atom. The van der Waals surface area contributed by atoms with Crippen LogP contribution in [0.2, 0.25) is 5.02 Å². The fourth-order valence-electron chi connectivity index (χ4n) is 12.7. The van der Waals surface area contributed by atoms with Gasteiger partial charge < -0.3 is 51.0 Å². The minimum atomic E-state index is -1.03. The Labute approximate surface area is 471 Å². The molecule has 0 spiro atoms. The van der Waals surface area contributed by atoms with Gasteiger partial charge in [0.25, 0.3) is 5.91 Å². The molecule has 2 aromatic heterocycles. The van der Waals surface area contributed by atoms with Crippen LogP contribution in [0.25, 0.3) is 11.0 Å². The molecule has 80 heavy (non-hydrogen) atoms. The number of fused-ring (bicyclic) bond motifs is 1. The van der Waals surface area contributed by atoms with Gasteiger partial charge >= 0.3 is 0 Å². The van der Waals surface area contributed by atoms with Crippen LogP contribution in [-0.2, 0) is 25.7 Å². The van der Waals surface area contributed by atoms with E-state index in [9.17, 15) is 28.0 Å². The van der Waals surface area contributed by atoms with Crippen molar-refractivity contribution in [2.24, 2.45) is 11.7 Å². The number of anilines is 1. The number of nitrogens with two attached hydrogens (primary N) is 1. The molecule has 1 aliphatic carbocycles. The number of halogens is 4. The van der Waals surface area contributed by atoms with Gasteiger partial charge in [-0.25, -0.2) is 23.1 Å². The molecule has 3 aromatic carbocycles. The summed E-state index contributed by atoms with van der Waals surface area (Å²) in [4.78, 5) is 76.0. The highest BCUT2D eigenvalue weighted by molar-refractivity contribution is 6.30. The Kier molecular flexibility index (Phi) is 18.7. The van der Waals surface area contributed by atoms with E-state index in [1.807, 2.05) is 41.4 Å². The molecule has 10 rings (SSSR count). The lowest BCUT2D eigenvalue weighted by Crippen LogP contribution is -2.60. The first-order chi connectivity index (χ1) is 38.8. The summed E-state index contributed by atoms with van der Waals surface area (Å²) in [7, 11) is 0. The van der Waals surface area contributed by atoms with Gasteiger partial charge in [0.05, 0.1) is 41.3 Å². The Balaban J connectivity index is 0.685. The third kappa shape index (κ3) is 13.8. The van der Waals surface area contributed by atoms with Crippen LogP contribution in [0.15, 0.2) is 79.3 Å². The lowest BCUT2D eigenvalue weighted by Gasteiger charge is -2.40. The number of nitrogens with zero attached hydrogens (tertiary/aromatic N) is 6. The van der Waals surface area contributed by atoms with E-state index in [0.717, 1.165) is 93.1 Å². The lowest BCUT2D eigenvalue weighted by atomic mass is 9.83. The molecule has 4 amide bonds. The Hall–Kier alpha value is -6.12. The Morgan fingerprint density at radius 2 is 1.54 bits per heavy atom. The third-order valence-electron chi connectivity index (χ3n) is 17.5. The van der Waals surface area contributed by atoms with E-state index in [4.69, 9.17) is 22.1 Å². The molecular formula is C60H75ClF3N11O5. The van der Waals surface area contributed by atoms with Gasteiger partial charge in [0, 0.05) is 94.2 Å². The number of likely N-dealkylation sites (tertiary alicyclic amines) is 3. The molecule has 4 aliphatic heterocycles. The smallest absolute Gasteiger partial charge is 0.254 e. The van der Waals surface area contributed by atoms with Gasteiger partial charge in [0.15, 0.2) is 0 Å². The number of carbonyl (C=O) groups is 4. The normalized spacial score (nSPS) is 20.6. The monoisotopic (exact) mass is 1120 g/mol. The van der Waals surface area contributed by atoms with Crippen LogP contribution in [0.4, 0.5) is 19.0 Å². The number of carbonyl (C=O) groups excluding carboxylic acids is 4. The van der Waals surface area contributed by atoms with Crippen molar-refractivity contribution in [2.75, 3.05) is 70.3 Å². The van der Waals surface area contributed by atoms with E-state index >= 15 is 4.39 Å². The Bertz CT molecular complexity index is 2940. The number of H-pyrrole nitrogens is 1. The Morgan fingerprint density at radius 3 is 2.27 bits per heavy atom. The van der Waals surface area contributed by atoms with E-state index in [1.165, 1.54) is 18.2 Å². The predicted octanol–water partition coefficient (Wildman–Crippen LogP) is 7.92. The molecule has 6 heterocycles. The second kappa shape index (κ2) is 26.2. The van der Waals surface area contributed by atoms with Crippen LogP contribution in [0.3, 0.4) is 0 Å². The van der Waals surface area contributed by atoms with Crippen LogP contribution in [0, 0.1) is 23.4 Å². The molecule has 1 saturated carbocycles. The maximum absolute atomic E-state index is 16.6. The number of ether oxygens (including phenoxy) is 1. The van der Waals surface area contributed by atoms with Crippen molar-refractivity contribution >= 4 is 52.1 Å². The average molecular weight is 1120 g/mol. The largest absolute Gasteiger partial charge is 0.375 e.